The SMILES string of the molecule is CCC[CH2][Zn][CH2]CCCCCCC#P=S.[Zn]. The van der Waals surface area contributed by atoms with Gasteiger partial charge in [-0.1, -0.05) is 0 Å². The average Bonchev–Trinajstić information content (AvgIpc) is 2.26. The van der Waals surface area contributed by atoms with Crippen LogP contribution >= 0.6 is 6.81 Å². The van der Waals surface area contributed by atoms with Gasteiger partial charge in [0.25, 0.3) is 0 Å². The maximum atomic E-state index is 4.79. The van der Waals surface area contributed by atoms with Crippen LogP contribution in [0.2, 0.25) is 10.0 Å². The Bertz CT molecular complexity index is 214. The van der Waals surface area contributed by atoms with Crippen molar-refractivity contribution in [1.29, 1.82) is 0 Å². The van der Waals surface area contributed by atoms with Gasteiger partial charge in [0.1, 0.15) is 0 Å². The van der Waals surface area contributed by atoms with Gasteiger partial charge in [0, 0.05) is 19.5 Å². The van der Waals surface area contributed by atoms with Crippen molar-refractivity contribution in [3.8, 4) is 5.63 Å². The Kier molecular flexibility index (Phi) is 23.8. The molecule has 0 radical (unpaired) electrons. The van der Waals surface area contributed by atoms with Gasteiger partial charge in [-0.15, -0.1) is 0 Å². The van der Waals surface area contributed by atoms with Crippen molar-refractivity contribution in [2.45, 2.75) is 68.3 Å². The van der Waals surface area contributed by atoms with E-state index < -0.39 is 0 Å². The summed E-state index contributed by atoms with van der Waals surface area (Å²) in [6.07, 6.45) is 11.2. The number of rotatable bonds is 10. The van der Waals surface area contributed by atoms with Gasteiger partial charge in [-0.25, -0.2) is 0 Å². The second kappa shape index (κ2) is 19.0. The molecule has 0 nitrogen and oxygen atoms in total. The topological polar surface area (TPSA) is 0 Å². The Hall–Kier alpha value is 1.68. The average molecular weight is 361 g/mol. The summed E-state index contributed by atoms with van der Waals surface area (Å²) in [5, 5.41) is 3.27. The summed E-state index contributed by atoms with van der Waals surface area (Å²) < 4.78 is 0. The maximum absolute atomic E-state index is 4.79. The van der Waals surface area contributed by atoms with Crippen LogP contribution in [0.5, 0.6) is 0 Å². The molecule has 0 saturated heterocycles. The largest absolute Gasteiger partial charge is 0 e. The molecular weight excluding hydrogens is 338 g/mol. The summed E-state index contributed by atoms with van der Waals surface area (Å²) in [5.74, 6) is 0. The molecule has 0 N–H and O–H groups in total. The Morgan fingerprint density at radius 2 is 1.62 bits per heavy atom. The summed E-state index contributed by atoms with van der Waals surface area (Å²) in [4.78, 5) is 0. The Balaban J connectivity index is 0. The summed E-state index contributed by atoms with van der Waals surface area (Å²) in [5.41, 5.74) is 3.17. The molecule has 4 heteroatoms. The van der Waals surface area contributed by atoms with E-state index in [0.717, 1.165) is 13.2 Å². The molecule has 0 aromatic heterocycles. The molecule has 0 heterocycles. The Labute approximate surface area is 128 Å². The molecule has 0 aromatic carbocycles. The van der Waals surface area contributed by atoms with Gasteiger partial charge >= 0.3 is 110 Å². The van der Waals surface area contributed by atoms with E-state index in [1.807, 2.05) is 0 Å². The van der Waals surface area contributed by atoms with Crippen LogP contribution in [0.15, 0.2) is 0 Å². The van der Waals surface area contributed by atoms with Crippen LogP contribution in [0, 0.1) is 5.63 Å². The molecule has 0 atom stereocenters. The van der Waals surface area contributed by atoms with Crippen LogP contribution < -0.4 is 0 Å². The van der Waals surface area contributed by atoms with Crippen LogP contribution in [0.4, 0.5) is 0 Å². The van der Waals surface area contributed by atoms with Crippen molar-refractivity contribution < 1.29 is 36.6 Å². The normalized spacial score (nSPS) is 8.81. The van der Waals surface area contributed by atoms with Crippen LogP contribution in [0.1, 0.15) is 58.3 Å². The molecule has 86 valence electrons. The molecule has 0 spiro atoms. The van der Waals surface area contributed by atoms with Gasteiger partial charge in [0.15, 0.2) is 0 Å². The van der Waals surface area contributed by atoms with Gasteiger partial charge in [0.05, 0.1) is 0 Å². The molecule has 0 rings (SSSR count). The fraction of sp³-hybridized carbons (Fsp3) is 0.917. The zero-order valence-electron chi connectivity index (χ0n) is 10.8. The van der Waals surface area contributed by atoms with Crippen LogP contribution in [0.25, 0.3) is 0 Å². The van der Waals surface area contributed by atoms with Gasteiger partial charge in [0.2, 0.25) is 0 Å². The minimum absolute atomic E-state index is 0. The molecule has 16 heavy (non-hydrogen) atoms. The summed E-state index contributed by atoms with van der Waals surface area (Å²) >= 11 is 4.72. The van der Waals surface area contributed by atoms with Crippen molar-refractivity contribution >= 4 is 18.6 Å². The van der Waals surface area contributed by atoms with Gasteiger partial charge in [-0.2, -0.15) is 0 Å². The first kappa shape index (κ1) is 20.0. The van der Waals surface area contributed by atoms with Gasteiger partial charge < -0.3 is 0 Å². The van der Waals surface area contributed by atoms with E-state index in [0.29, 0.717) is 0 Å². The maximum Gasteiger partial charge on any atom is 0 e. The molecular formula is C12H23PSZn2. The smallest absolute Gasteiger partial charge is 0 e. The van der Waals surface area contributed by atoms with Crippen LogP contribution in [-0.4, -0.2) is 0 Å². The van der Waals surface area contributed by atoms with E-state index in [1.165, 1.54) is 44.9 Å². The van der Waals surface area contributed by atoms with E-state index in [9.17, 15) is 0 Å². The first-order valence-electron chi connectivity index (χ1n) is 6.47. The number of unbranched alkanes of at least 4 members (excludes halogenated alkanes) is 6. The quantitative estimate of drug-likeness (QED) is 0.285. The van der Waals surface area contributed by atoms with Crippen molar-refractivity contribution in [2.24, 2.45) is 0 Å². The van der Waals surface area contributed by atoms with Crippen molar-refractivity contribution in [3.63, 3.8) is 0 Å². The summed E-state index contributed by atoms with van der Waals surface area (Å²) in [6, 6.07) is 0. The minimum atomic E-state index is -0.0676. The third kappa shape index (κ3) is 18.1. The molecule has 0 fully saturated rings. The zero-order chi connectivity index (χ0) is 11.2. The van der Waals surface area contributed by atoms with E-state index in [4.69, 9.17) is 11.8 Å². The first-order chi connectivity index (χ1) is 7.41. The summed E-state index contributed by atoms with van der Waals surface area (Å²) in [7, 11) is 0. The molecule has 0 aliphatic carbocycles. The molecule has 0 bridgehead atoms. The molecule has 0 aromatic rings. The Morgan fingerprint density at radius 3 is 2.31 bits per heavy atom. The third-order valence-corrected chi connectivity index (χ3v) is 7.64. The van der Waals surface area contributed by atoms with Crippen molar-refractivity contribution in [1.82, 2.24) is 0 Å². The fourth-order valence-corrected chi connectivity index (χ4v) is 6.28. The molecule has 0 amide bonds. The van der Waals surface area contributed by atoms with Crippen LogP contribution in [-0.2, 0) is 48.4 Å². The molecule has 0 aliphatic rings. The first-order valence-corrected chi connectivity index (χ1v) is 12.6. The van der Waals surface area contributed by atoms with E-state index in [2.05, 4.69) is 12.6 Å². The molecule has 0 aliphatic heterocycles. The standard InChI is InChI=1S/C8H14PS.C4H9.2Zn/c1-2-3-4-5-6-7-8-9-10;1-3-4-2;;/h1-7H2;1,3-4H2,2H3;;. The predicted octanol–water partition coefficient (Wildman–Crippen LogP) is 5.41. The second-order valence-electron chi connectivity index (χ2n) is 4.18. The minimum Gasteiger partial charge on any atom is 0 e. The number of hydrogen-bond acceptors (Lipinski definition) is 1. The monoisotopic (exact) mass is 358 g/mol. The predicted molar refractivity (Wildman–Crippen MR) is 70.4 cm³/mol. The number of hydrogen-bond donors (Lipinski definition) is 0. The van der Waals surface area contributed by atoms with E-state index in [1.54, 1.807) is 10.0 Å². The van der Waals surface area contributed by atoms with E-state index >= 15 is 0 Å². The zero-order valence-corrected chi connectivity index (χ0v) is 18.5. The molecule has 0 saturated carbocycles. The van der Waals surface area contributed by atoms with Gasteiger partial charge in [-0.3, -0.25) is 0 Å². The van der Waals surface area contributed by atoms with E-state index in [-0.39, 0.29) is 36.6 Å². The third-order valence-electron chi connectivity index (χ3n) is 2.71. The van der Waals surface area contributed by atoms with Crippen molar-refractivity contribution in [3.05, 3.63) is 0 Å². The van der Waals surface area contributed by atoms with Gasteiger partial charge in [-0.05, 0) is 0 Å². The second-order valence-corrected chi connectivity index (χ2v) is 9.68. The van der Waals surface area contributed by atoms with Crippen molar-refractivity contribution in [2.75, 3.05) is 0 Å². The Morgan fingerprint density at radius 1 is 1.00 bits per heavy atom. The fourth-order valence-electron chi connectivity index (χ4n) is 1.74. The molecule has 0 unspecified atom stereocenters. The van der Waals surface area contributed by atoms with Crippen LogP contribution in [0.3, 0.4) is 0 Å². The summed E-state index contributed by atoms with van der Waals surface area (Å²) in [6.45, 7) is 3.22.